The van der Waals surface area contributed by atoms with Gasteiger partial charge in [-0.1, -0.05) is 0 Å². The van der Waals surface area contributed by atoms with E-state index in [0.29, 0.717) is 25.2 Å². The number of aryl methyl sites for hydroxylation is 1. The number of hydrogen-bond acceptors (Lipinski definition) is 2. The first-order chi connectivity index (χ1) is 11.1. The van der Waals surface area contributed by atoms with Gasteiger partial charge in [0.05, 0.1) is 11.1 Å². The van der Waals surface area contributed by atoms with Crippen LogP contribution in [-0.2, 0) is 18.9 Å². The summed E-state index contributed by atoms with van der Waals surface area (Å²) in [6, 6.07) is 1.66. The zero-order valence-corrected chi connectivity index (χ0v) is 13.5. The molecule has 10 heteroatoms. The van der Waals surface area contributed by atoms with Crippen LogP contribution < -0.4 is 0 Å². The molecule has 0 saturated heterocycles. The molecule has 1 unspecified atom stereocenters. The van der Waals surface area contributed by atoms with E-state index in [9.17, 15) is 26.3 Å². The lowest BCUT2D eigenvalue weighted by molar-refractivity contribution is -0.143. The van der Waals surface area contributed by atoms with Crippen LogP contribution in [0.15, 0.2) is 22.9 Å². The van der Waals surface area contributed by atoms with Crippen LogP contribution in [0.5, 0.6) is 0 Å². The van der Waals surface area contributed by atoms with Gasteiger partial charge in [-0.3, -0.25) is 0 Å². The maximum atomic E-state index is 13.0. The molecule has 3 nitrogen and oxygen atoms in total. The predicted molar refractivity (Wildman–Crippen MR) is 75.2 cm³/mol. The van der Waals surface area contributed by atoms with E-state index in [2.05, 4.69) is 26.0 Å². The average molecular weight is 414 g/mol. The van der Waals surface area contributed by atoms with Crippen molar-refractivity contribution in [1.29, 1.82) is 0 Å². The van der Waals surface area contributed by atoms with Crippen molar-refractivity contribution in [2.45, 2.75) is 37.7 Å². The molecule has 0 saturated carbocycles. The van der Waals surface area contributed by atoms with Crippen molar-refractivity contribution in [2.75, 3.05) is 0 Å². The Morgan fingerprint density at radius 2 is 1.58 bits per heavy atom. The van der Waals surface area contributed by atoms with Gasteiger partial charge in [-0.2, -0.15) is 26.3 Å². The minimum absolute atomic E-state index is 0.0574. The number of alkyl halides is 6. The Morgan fingerprint density at radius 3 is 2.12 bits per heavy atom. The van der Waals surface area contributed by atoms with Crippen molar-refractivity contribution >= 4 is 15.9 Å². The molecular formula is C14H10BrF6N3. The fraction of sp³-hybridized carbons (Fsp3) is 0.429. The van der Waals surface area contributed by atoms with Gasteiger partial charge < -0.3 is 0 Å². The highest BCUT2D eigenvalue weighted by Gasteiger charge is 2.38. The summed E-state index contributed by atoms with van der Waals surface area (Å²) >= 11 is 3.08. The maximum absolute atomic E-state index is 13.0. The minimum Gasteiger partial charge on any atom is -0.248 e. The topological polar surface area (TPSA) is 30.7 Å². The van der Waals surface area contributed by atoms with E-state index < -0.39 is 29.4 Å². The molecule has 0 radical (unpaired) electrons. The quantitative estimate of drug-likeness (QED) is 0.615. The molecule has 3 rings (SSSR count). The van der Waals surface area contributed by atoms with E-state index in [1.165, 1.54) is 4.68 Å². The van der Waals surface area contributed by atoms with Crippen LogP contribution in [-0.4, -0.2) is 14.8 Å². The molecule has 24 heavy (non-hydrogen) atoms. The van der Waals surface area contributed by atoms with Gasteiger partial charge in [0.1, 0.15) is 5.82 Å². The van der Waals surface area contributed by atoms with Gasteiger partial charge in [0.15, 0.2) is 0 Å². The van der Waals surface area contributed by atoms with Crippen molar-refractivity contribution < 1.29 is 26.3 Å². The Labute approximate surface area is 140 Å². The summed E-state index contributed by atoms with van der Waals surface area (Å²) < 4.78 is 79.7. The zero-order chi connectivity index (χ0) is 17.7. The lowest BCUT2D eigenvalue weighted by Crippen LogP contribution is -2.19. The first-order valence-electron chi connectivity index (χ1n) is 6.95. The van der Waals surface area contributed by atoms with Gasteiger partial charge in [-0.25, -0.2) is 9.67 Å². The number of nitrogens with zero attached hydrogens (tertiary/aromatic N) is 3. The Hall–Kier alpha value is -1.58. The smallest absolute Gasteiger partial charge is 0.248 e. The normalized spacial score (nSPS) is 18.5. The lowest BCUT2D eigenvalue weighted by atomic mass is 9.88. The molecule has 130 valence electrons. The highest BCUT2D eigenvalue weighted by atomic mass is 79.9. The van der Waals surface area contributed by atoms with Crippen LogP contribution in [0.4, 0.5) is 26.3 Å². The summed E-state index contributed by atoms with van der Waals surface area (Å²) in [6.45, 7) is 0.523. The average Bonchev–Trinajstić information content (AvgIpc) is 2.84. The SMILES string of the molecule is FC(F)(F)c1cc(C2CCCn3nc(Br)nc32)cc(C(F)(F)F)c1. The summed E-state index contributed by atoms with van der Waals surface area (Å²) in [5.41, 5.74) is -2.69. The molecule has 0 N–H and O–H groups in total. The Bertz CT molecular complexity index is 733. The molecule has 2 aromatic rings. The Balaban J connectivity index is 2.14. The molecule has 1 aromatic heterocycles. The summed E-state index contributed by atoms with van der Waals surface area (Å²) in [4.78, 5) is 4.10. The number of fused-ring (bicyclic) bond motifs is 1. The first-order valence-corrected chi connectivity index (χ1v) is 7.74. The largest absolute Gasteiger partial charge is 0.416 e. The van der Waals surface area contributed by atoms with Gasteiger partial charge in [-0.05, 0) is 52.5 Å². The van der Waals surface area contributed by atoms with E-state index in [-0.39, 0.29) is 16.4 Å². The molecule has 1 aliphatic rings. The van der Waals surface area contributed by atoms with Gasteiger partial charge in [-0.15, -0.1) is 5.10 Å². The van der Waals surface area contributed by atoms with Crippen LogP contribution in [0.3, 0.4) is 0 Å². The fourth-order valence-electron chi connectivity index (χ4n) is 2.82. The number of aromatic nitrogens is 3. The zero-order valence-electron chi connectivity index (χ0n) is 11.9. The second-order valence-corrected chi connectivity index (χ2v) is 6.21. The van der Waals surface area contributed by atoms with Crippen LogP contribution in [0.1, 0.15) is 41.3 Å². The van der Waals surface area contributed by atoms with Crippen molar-refractivity contribution in [3.05, 3.63) is 45.4 Å². The van der Waals surface area contributed by atoms with E-state index >= 15 is 0 Å². The van der Waals surface area contributed by atoms with Crippen molar-refractivity contribution in [3.8, 4) is 0 Å². The molecule has 0 aliphatic carbocycles. The third kappa shape index (κ3) is 3.28. The lowest BCUT2D eigenvalue weighted by Gasteiger charge is -2.24. The van der Waals surface area contributed by atoms with Crippen LogP contribution in [0, 0.1) is 0 Å². The summed E-state index contributed by atoms with van der Waals surface area (Å²) in [5.74, 6) is -0.304. The standard InChI is InChI=1S/C14H10BrF6N3/c15-12-22-11-10(2-1-3-24(11)23-12)7-4-8(13(16,17)18)6-9(5-7)14(19,20)21/h4-6,10H,1-3H2. The number of benzene rings is 1. The van der Waals surface area contributed by atoms with Crippen LogP contribution in [0.25, 0.3) is 0 Å². The van der Waals surface area contributed by atoms with E-state index in [4.69, 9.17) is 0 Å². The molecule has 0 spiro atoms. The summed E-state index contributed by atoms with van der Waals surface area (Å²) in [6.07, 6.45) is -8.73. The minimum atomic E-state index is -4.86. The van der Waals surface area contributed by atoms with E-state index in [0.717, 1.165) is 12.1 Å². The van der Waals surface area contributed by atoms with Gasteiger partial charge in [0.2, 0.25) is 4.73 Å². The highest BCUT2D eigenvalue weighted by Crippen LogP contribution is 2.40. The third-order valence-electron chi connectivity index (χ3n) is 3.86. The molecule has 1 atom stereocenters. The van der Waals surface area contributed by atoms with E-state index in [1.54, 1.807) is 0 Å². The van der Waals surface area contributed by atoms with Crippen molar-refractivity contribution in [2.24, 2.45) is 0 Å². The molecule has 1 aliphatic heterocycles. The number of halogens is 7. The number of rotatable bonds is 1. The second kappa shape index (κ2) is 5.75. The first kappa shape index (κ1) is 17.2. The molecule has 0 bridgehead atoms. The second-order valence-electron chi connectivity index (χ2n) is 5.50. The monoisotopic (exact) mass is 413 g/mol. The van der Waals surface area contributed by atoms with Crippen molar-refractivity contribution in [1.82, 2.24) is 14.8 Å². The number of hydrogen-bond donors (Lipinski definition) is 0. The third-order valence-corrected chi connectivity index (χ3v) is 4.20. The molecular weight excluding hydrogens is 404 g/mol. The predicted octanol–water partition coefficient (Wildman–Crippen LogP) is 5.00. The summed E-state index contributed by atoms with van der Waals surface area (Å²) in [5, 5.41) is 4.05. The van der Waals surface area contributed by atoms with Gasteiger partial charge >= 0.3 is 12.4 Å². The molecule has 2 heterocycles. The van der Waals surface area contributed by atoms with Gasteiger partial charge in [0.25, 0.3) is 0 Å². The highest BCUT2D eigenvalue weighted by molar-refractivity contribution is 9.10. The Morgan fingerprint density at radius 1 is 1.00 bits per heavy atom. The van der Waals surface area contributed by atoms with Crippen LogP contribution in [0.2, 0.25) is 0 Å². The van der Waals surface area contributed by atoms with E-state index in [1.807, 2.05) is 0 Å². The van der Waals surface area contributed by atoms with Gasteiger partial charge in [0, 0.05) is 12.5 Å². The Kier molecular flexibility index (Phi) is 4.13. The fourth-order valence-corrected chi connectivity index (χ4v) is 3.19. The summed E-state index contributed by atoms with van der Waals surface area (Å²) in [7, 11) is 0. The molecule has 0 fully saturated rings. The molecule has 1 aromatic carbocycles. The maximum Gasteiger partial charge on any atom is 0.416 e. The molecule has 0 amide bonds. The van der Waals surface area contributed by atoms with Crippen LogP contribution >= 0.6 is 15.9 Å². The van der Waals surface area contributed by atoms with Crippen molar-refractivity contribution in [3.63, 3.8) is 0 Å².